The van der Waals surface area contributed by atoms with Gasteiger partial charge in [0.05, 0.1) is 20.7 Å². The number of hydrogen-bond acceptors (Lipinski definition) is 3. The maximum atomic E-state index is 12.2. The van der Waals surface area contributed by atoms with Crippen molar-refractivity contribution in [2.24, 2.45) is 0 Å². The van der Waals surface area contributed by atoms with Crippen molar-refractivity contribution >= 4 is 22.4 Å². The van der Waals surface area contributed by atoms with E-state index in [1.165, 1.54) is 0 Å². The highest BCUT2D eigenvalue weighted by Gasteiger charge is 2.14. The summed E-state index contributed by atoms with van der Waals surface area (Å²) in [4.78, 5) is 0.667. The number of aliphatic hydroxyl groups is 1. The summed E-state index contributed by atoms with van der Waals surface area (Å²) in [6.07, 6.45) is 1.62. The summed E-state index contributed by atoms with van der Waals surface area (Å²) in [5.41, 5.74) is 0. The Morgan fingerprint density at radius 1 is 1.44 bits per heavy atom. The number of aliphatic hydroxyl groups excluding tert-OH is 1. The average molecular weight is 290 g/mol. The Balaban J connectivity index is 2.63. The second-order valence-corrected chi connectivity index (χ2v) is 5.98. The van der Waals surface area contributed by atoms with Crippen molar-refractivity contribution in [3.63, 3.8) is 0 Å². The van der Waals surface area contributed by atoms with Gasteiger partial charge in [-0.15, -0.1) is 0 Å². The van der Waals surface area contributed by atoms with Crippen LogP contribution < -0.4 is 5.32 Å². The third kappa shape index (κ3) is 5.06. The van der Waals surface area contributed by atoms with Gasteiger partial charge < -0.3 is 10.4 Å². The Labute approximate surface area is 116 Å². The van der Waals surface area contributed by atoms with Crippen molar-refractivity contribution in [3.05, 3.63) is 29.3 Å². The van der Waals surface area contributed by atoms with Gasteiger partial charge in [0, 0.05) is 18.4 Å². The summed E-state index contributed by atoms with van der Waals surface area (Å²) in [5, 5.41) is 12.8. The molecule has 102 valence electrons. The van der Waals surface area contributed by atoms with Gasteiger partial charge in [0.15, 0.2) is 0 Å². The lowest BCUT2D eigenvalue weighted by Crippen LogP contribution is -2.35. The minimum atomic E-state index is -1.14. The zero-order chi connectivity index (χ0) is 13.4. The maximum absolute atomic E-state index is 12.2. The van der Waals surface area contributed by atoms with E-state index in [9.17, 15) is 4.21 Å². The van der Waals surface area contributed by atoms with Crippen LogP contribution in [0, 0.1) is 0 Å². The first-order valence-corrected chi connectivity index (χ1v) is 7.85. The topological polar surface area (TPSA) is 49.3 Å². The summed E-state index contributed by atoms with van der Waals surface area (Å²) in [7, 11) is -1.14. The van der Waals surface area contributed by atoms with Crippen LogP contribution in [0.3, 0.4) is 0 Å². The lowest BCUT2D eigenvalue weighted by molar-refractivity contribution is 0.270. The summed E-state index contributed by atoms with van der Waals surface area (Å²) in [6, 6.07) is 7.25. The van der Waals surface area contributed by atoms with E-state index >= 15 is 0 Å². The minimum absolute atomic E-state index is 0.0621. The normalized spacial score (nSPS) is 14.4. The van der Waals surface area contributed by atoms with Crippen molar-refractivity contribution in [3.8, 4) is 0 Å². The van der Waals surface area contributed by atoms with Crippen LogP contribution in [0.4, 0.5) is 0 Å². The molecule has 1 rings (SSSR count). The van der Waals surface area contributed by atoms with Gasteiger partial charge in [-0.3, -0.25) is 4.21 Å². The molecule has 1 aromatic rings. The average Bonchev–Trinajstić information content (AvgIpc) is 2.36. The van der Waals surface area contributed by atoms with Crippen LogP contribution in [0.5, 0.6) is 0 Å². The molecule has 0 saturated carbocycles. The van der Waals surface area contributed by atoms with Crippen molar-refractivity contribution in [1.29, 1.82) is 0 Å². The lowest BCUT2D eigenvalue weighted by atomic mass is 10.2. The fourth-order valence-corrected chi connectivity index (χ4v) is 3.39. The lowest BCUT2D eigenvalue weighted by Gasteiger charge is -2.17. The molecule has 5 heteroatoms. The van der Waals surface area contributed by atoms with Crippen molar-refractivity contribution < 1.29 is 9.32 Å². The van der Waals surface area contributed by atoms with Crippen LogP contribution >= 0.6 is 11.6 Å². The highest BCUT2D eigenvalue weighted by atomic mass is 35.5. The van der Waals surface area contributed by atoms with E-state index < -0.39 is 10.8 Å². The molecule has 0 heterocycles. The number of nitrogens with one attached hydrogen (secondary N) is 1. The van der Waals surface area contributed by atoms with E-state index in [0.29, 0.717) is 22.1 Å². The molecule has 0 aromatic heterocycles. The molecule has 2 N–H and O–H groups in total. The number of hydrogen-bond donors (Lipinski definition) is 2. The standard InChI is InChI=1S/C13H20ClNO2S/c1-2-8-15-11(7-9-16)10-18(17)13-6-4-3-5-12(13)14/h3-6,11,15-16H,2,7-10H2,1H3. The van der Waals surface area contributed by atoms with Gasteiger partial charge in [0.1, 0.15) is 0 Å². The molecule has 0 aliphatic carbocycles. The van der Waals surface area contributed by atoms with Crippen molar-refractivity contribution in [2.45, 2.75) is 30.7 Å². The van der Waals surface area contributed by atoms with Gasteiger partial charge in [-0.05, 0) is 31.5 Å². The summed E-state index contributed by atoms with van der Waals surface area (Å²) in [6.45, 7) is 3.04. The Hall–Kier alpha value is -0.420. The van der Waals surface area contributed by atoms with Gasteiger partial charge in [0.25, 0.3) is 0 Å². The van der Waals surface area contributed by atoms with Gasteiger partial charge in [-0.2, -0.15) is 0 Å². The Bertz CT molecular complexity index is 387. The quantitative estimate of drug-likeness (QED) is 0.771. The number of benzene rings is 1. The van der Waals surface area contributed by atoms with E-state index in [1.54, 1.807) is 12.1 Å². The van der Waals surface area contributed by atoms with Crippen LogP contribution in [-0.4, -0.2) is 34.3 Å². The third-order valence-corrected chi connectivity index (χ3v) is 4.59. The number of rotatable bonds is 8. The fraction of sp³-hybridized carbons (Fsp3) is 0.538. The first-order valence-electron chi connectivity index (χ1n) is 6.16. The molecule has 0 bridgehead atoms. The SMILES string of the molecule is CCCNC(CCO)CS(=O)c1ccccc1Cl. The molecule has 3 nitrogen and oxygen atoms in total. The smallest absolute Gasteiger partial charge is 0.0574 e. The van der Waals surface area contributed by atoms with Crippen LogP contribution in [0.15, 0.2) is 29.2 Å². The Morgan fingerprint density at radius 2 is 2.17 bits per heavy atom. The first kappa shape index (κ1) is 15.6. The van der Waals surface area contributed by atoms with E-state index in [1.807, 2.05) is 12.1 Å². The van der Waals surface area contributed by atoms with E-state index in [2.05, 4.69) is 12.2 Å². The predicted molar refractivity (Wildman–Crippen MR) is 76.5 cm³/mol. The third-order valence-electron chi connectivity index (χ3n) is 2.60. The highest BCUT2D eigenvalue weighted by molar-refractivity contribution is 7.85. The van der Waals surface area contributed by atoms with E-state index in [4.69, 9.17) is 16.7 Å². The maximum Gasteiger partial charge on any atom is 0.0574 e. The predicted octanol–water partition coefficient (Wildman–Crippen LogP) is 2.20. The van der Waals surface area contributed by atoms with Crippen LogP contribution in [0.2, 0.25) is 5.02 Å². The van der Waals surface area contributed by atoms with Crippen molar-refractivity contribution in [1.82, 2.24) is 5.32 Å². The molecule has 0 spiro atoms. The summed E-state index contributed by atoms with van der Waals surface area (Å²) >= 11 is 6.02. The molecule has 0 saturated heterocycles. The van der Waals surface area contributed by atoms with Crippen LogP contribution in [0.1, 0.15) is 19.8 Å². The summed E-state index contributed by atoms with van der Waals surface area (Å²) in [5.74, 6) is 0.476. The molecule has 1 aromatic carbocycles. The molecule has 2 unspecified atom stereocenters. The van der Waals surface area contributed by atoms with Crippen LogP contribution in [-0.2, 0) is 10.8 Å². The molecule has 2 atom stereocenters. The molecule has 0 radical (unpaired) electrons. The molecule has 0 aliphatic rings. The Kier molecular flexibility index (Phi) is 7.51. The van der Waals surface area contributed by atoms with E-state index in [0.717, 1.165) is 13.0 Å². The monoisotopic (exact) mass is 289 g/mol. The molecule has 0 amide bonds. The zero-order valence-corrected chi connectivity index (χ0v) is 12.1. The second-order valence-electron chi connectivity index (χ2n) is 4.11. The second kappa shape index (κ2) is 8.64. The zero-order valence-electron chi connectivity index (χ0n) is 10.6. The molecule has 0 fully saturated rings. The highest BCUT2D eigenvalue weighted by Crippen LogP contribution is 2.19. The van der Waals surface area contributed by atoms with Gasteiger partial charge >= 0.3 is 0 Å². The number of halogens is 1. The molecule has 18 heavy (non-hydrogen) atoms. The molecular weight excluding hydrogens is 270 g/mol. The first-order chi connectivity index (χ1) is 8.69. The van der Waals surface area contributed by atoms with E-state index in [-0.39, 0.29) is 12.6 Å². The summed E-state index contributed by atoms with van der Waals surface area (Å²) < 4.78 is 12.2. The van der Waals surface area contributed by atoms with Crippen LogP contribution in [0.25, 0.3) is 0 Å². The Morgan fingerprint density at radius 3 is 2.78 bits per heavy atom. The van der Waals surface area contributed by atoms with Gasteiger partial charge in [-0.1, -0.05) is 30.7 Å². The fourth-order valence-electron chi connectivity index (χ4n) is 1.65. The minimum Gasteiger partial charge on any atom is -0.396 e. The molecule has 0 aliphatic heterocycles. The largest absolute Gasteiger partial charge is 0.396 e. The van der Waals surface area contributed by atoms with Gasteiger partial charge in [-0.25, -0.2) is 0 Å². The molecular formula is C13H20ClNO2S. The van der Waals surface area contributed by atoms with Crippen molar-refractivity contribution in [2.75, 3.05) is 18.9 Å². The van der Waals surface area contributed by atoms with Gasteiger partial charge in [0.2, 0.25) is 0 Å².